The van der Waals surface area contributed by atoms with Gasteiger partial charge in [0.2, 0.25) is 5.88 Å². The molecule has 0 aliphatic rings. The topological polar surface area (TPSA) is 79.1 Å². The van der Waals surface area contributed by atoms with Crippen molar-refractivity contribution in [2.75, 3.05) is 0 Å². The van der Waals surface area contributed by atoms with Gasteiger partial charge in [0, 0.05) is 0 Å². The molecular formula is C16H14N2O3. The summed E-state index contributed by atoms with van der Waals surface area (Å²) in [5, 5.41) is 10.1. The summed E-state index contributed by atoms with van der Waals surface area (Å²) < 4.78 is 5.28. The summed E-state index contributed by atoms with van der Waals surface area (Å²) in [6.07, 6.45) is 1.51. The highest BCUT2D eigenvalue weighted by molar-refractivity contribution is 5.69. The summed E-state index contributed by atoms with van der Waals surface area (Å²) in [6.45, 7) is 3.76. The second kappa shape index (κ2) is 4.94. The predicted octanol–water partition coefficient (Wildman–Crippen LogP) is 3.02. The van der Waals surface area contributed by atoms with Crippen LogP contribution in [-0.2, 0) is 0 Å². The van der Waals surface area contributed by atoms with Crippen molar-refractivity contribution >= 4 is 0 Å². The zero-order valence-electron chi connectivity index (χ0n) is 11.7. The molecule has 2 heterocycles. The van der Waals surface area contributed by atoms with Gasteiger partial charge in [0.1, 0.15) is 5.56 Å². The first-order chi connectivity index (χ1) is 10.1. The Kier molecular flexibility index (Phi) is 3.10. The summed E-state index contributed by atoms with van der Waals surface area (Å²) in [4.78, 5) is 19.0. The molecule has 0 spiro atoms. The molecular weight excluding hydrogens is 268 g/mol. The minimum absolute atomic E-state index is 0.159. The molecule has 106 valence electrons. The number of aromatic hydroxyl groups is 1. The van der Waals surface area contributed by atoms with Gasteiger partial charge in [-0.2, -0.15) is 4.98 Å². The Bertz CT molecular complexity index is 862. The lowest BCUT2D eigenvalue weighted by Gasteiger charge is -2.06. The molecule has 0 atom stereocenters. The third-order valence-corrected chi connectivity index (χ3v) is 3.28. The number of aromatic nitrogens is 2. The van der Waals surface area contributed by atoms with Crippen LogP contribution < -0.4 is 5.56 Å². The Labute approximate surface area is 120 Å². The van der Waals surface area contributed by atoms with E-state index in [2.05, 4.69) is 9.97 Å². The average molecular weight is 282 g/mol. The van der Waals surface area contributed by atoms with Gasteiger partial charge in [0.25, 0.3) is 5.56 Å². The molecule has 0 aliphatic carbocycles. The molecule has 0 saturated heterocycles. The molecule has 3 rings (SSSR count). The second-order valence-electron chi connectivity index (χ2n) is 4.92. The first-order valence-electron chi connectivity index (χ1n) is 6.51. The zero-order chi connectivity index (χ0) is 15.0. The van der Waals surface area contributed by atoms with Gasteiger partial charge >= 0.3 is 0 Å². The van der Waals surface area contributed by atoms with E-state index < -0.39 is 5.56 Å². The minimum atomic E-state index is -0.404. The maximum absolute atomic E-state index is 12.3. The number of nitrogens with one attached hydrogen (secondary N) is 1. The molecule has 3 aromatic rings. The van der Waals surface area contributed by atoms with Crippen LogP contribution in [0.5, 0.6) is 5.88 Å². The highest BCUT2D eigenvalue weighted by atomic mass is 16.3. The first kappa shape index (κ1) is 13.2. The molecule has 0 bridgehead atoms. The molecule has 0 radical (unpaired) electrons. The van der Waals surface area contributed by atoms with Crippen molar-refractivity contribution in [2.45, 2.75) is 13.8 Å². The lowest BCUT2D eigenvalue weighted by atomic mass is 10.1. The summed E-state index contributed by atoms with van der Waals surface area (Å²) in [5.41, 5.74) is 2.22. The number of hydrogen-bond acceptors (Lipinski definition) is 4. The van der Waals surface area contributed by atoms with Gasteiger partial charge in [0.05, 0.1) is 6.26 Å². The SMILES string of the molecule is Cc1cccc(-c2c(O)nc(-c3occc3C)[nH]c2=O)c1. The van der Waals surface area contributed by atoms with Gasteiger partial charge in [-0.1, -0.05) is 29.8 Å². The summed E-state index contributed by atoms with van der Waals surface area (Å²) in [5.74, 6) is 0.352. The molecule has 21 heavy (non-hydrogen) atoms. The van der Waals surface area contributed by atoms with E-state index in [4.69, 9.17) is 4.42 Å². The van der Waals surface area contributed by atoms with Crippen molar-refractivity contribution in [3.05, 3.63) is 58.1 Å². The van der Waals surface area contributed by atoms with Crippen molar-refractivity contribution in [3.8, 4) is 28.6 Å². The van der Waals surface area contributed by atoms with E-state index in [1.54, 1.807) is 12.1 Å². The minimum Gasteiger partial charge on any atom is -0.493 e. The van der Waals surface area contributed by atoms with Crippen LogP contribution in [0.2, 0.25) is 0 Å². The van der Waals surface area contributed by atoms with E-state index in [9.17, 15) is 9.90 Å². The van der Waals surface area contributed by atoms with Gasteiger partial charge in [-0.15, -0.1) is 0 Å². The van der Waals surface area contributed by atoms with Crippen LogP contribution >= 0.6 is 0 Å². The summed E-state index contributed by atoms with van der Waals surface area (Å²) in [6, 6.07) is 9.10. The Morgan fingerprint density at radius 1 is 1.24 bits per heavy atom. The summed E-state index contributed by atoms with van der Waals surface area (Å²) in [7, 11) is 0. The van der Waals surface area contributed by atoms with Crippen LogP contribution in [0.25, 0.3) is 22.7 Å². The van der Waals surface area contributed by atoms with Gasteiger partial charge in [-0.05, 0) is 31.0 Å². The molecule has 2 aromatic heterocycles. The Hall–Kier alpha value is -2.82. The van der Waals surface area contributed by atoms with E-state index in [0.29, 0.717) is 11.3 Å². The highest BCUT2D eigenvalue weighted by Gasteiger charge is 2.16. The van der Waals surface area contributed by atoms with E-state index >= 15 is 0 Å². The molecule has 5 nitrogen and oxygen atoms in total. The van der Waals surface area contributed by atoms with E-state index in [1.165, 1.54) is 6.26 Å². The number of furan rings is 1. The lowest BCUT2D eigenvalue weighted by Crippen LogP contribution is -2.12. The zero-order valence-corrected chi connectivity index (χ0v) is 11.7. The number of hydrogen-bond donors (Lipinski definition) is 2. The van der Waals surface area contributed by atoms with Crippen LogP contribution in [0, 0.1) is 13.8 Å². The van der Waals surface area contributed by atoms with E-state index in [-0.39, 0.29) is 17.3 Å². The van der Waals surface area contributed by atoms with Gasteiger partial charge in [0.15, 0.2) is 11.6 Å². The number of rotatable bonds is 2. The average Bonchev–Trinajstić information content (AvgIpc) is 2.84. The van der Waals surface area contributed by atoms with Crippen LogP contribution in [0.15, 0.2) is 45.8 Å². The monoisotopic (exact) mass is 282 g/mol. The normalized spacial score (nSPS) is 10.8. The molecule has 2 N–H and O–H groups in total. The molecule has 0 amide bonds. The quantitative estimate of drug-likeness (QED) is 0.757. The largest absolute Gasteiger partial charge is 0.493 e. The van der Waals surface area contributed by atoms with Crippen molar-refractivity contribution in [2.24, 2.45) is 0 Å². The van der Waals surface area contributed by atoms with Crippen molar-refractivity contribution in [1.29, 1.82) is 0 Å². The van der Waals surface area contributed by atoms with Crippen LogP contribution in [-0.4, -0.2) is 15.1 Å². The fraction of sp³-hybridized carbons (Fsp3) is 0.125. The lowest BCUT2D eigenvalue weighted by molar-refractivity contribution is 0.452. The van der Waals surface area contributed by atoms with Gasteiger partial charge < -0.3 is 14.5 Å². The van der Waals surface area contributed by atoms with Crippen molar-refractivity contribution in [3.63, 3.8) is 0 Å². The molecule has 0 unspecified atom stereocenters. The fourth-order valence-corrected chi connectivity index (χ4v) is 2.24. The van der Waals surface area contributed by atoms with Gasteiger partial charge in [-0.25, -0.2) is 0 Å². The Balaban J connectivity index is 2.18. The molecule has 5 heteroatoms. The van der Waals surface area contributed by atoms with Crippen LogP contribution in [0.1, 0.15) is 11.1 Å². The predicted molar refractivity (Wildman–Crippen MR) is 79.1 cm³/mol. The number of benzene rings is 1. The van der Waals surface area contributed by atoms with Gasteiger partial charge in [-0.3, -0.25) is 4.79 Å². The number of aromatic amines is 1. The van der Waals surface area contributed by atoms with E-state index in [1.807, 2.05) is 32.0 Å². The third kappa shape index (κ3) is 2.33. The smallest absolute Gasteiger partial charge is 0.263 e. The van der Waals surface area contributed by atoms with Crippen LogP contribution in [0.3, 0.4) is 0 Å². The molecule has 0 aliphatic heterocycles. The molecule has 0 fully saturated rings. The van der Waals surface area contributed by atoms with Crippen LogP contribution in [0.4, 0.5) is 0 Å². The van der Waals surface area contributed by atoms with E-state index in [0.717, 1.165) is 11.1 Å². The molecule has 0 saturated carbocycles. The third-order valence-electron chi connectivity index (χ3n) is 3.28. The maximum Gasteiger partial charge on any atom is 0.263 e. The first-order valence-corrected chi connectivity index (χ1v) is 6.51. The standard InChI is InChI=1S/C16H14N2O3/c1-9-4-3-5-11(8-9)12-15(19)17-14(18-16(12)20)13-10(2)6-7-21-13/h3-8H,1-2H3,(H2,17,18,19,20). The molecule has 1 aromatic carbocycles. The van der Waals surface area contributed by atoms with Crippen molar-refractivity contribution < 1.29 is 9.52 Å². The Morgan fingerprint density at radius 3 is 2.67 bits per heavy atom. The maximum atomic E-state index is 12.3. The highest BCUT2D eigenvalue weighted by Crippen LogP contribution is 2.27. The van der Waals surface area contributed by atoms with Crippen molar-refractivity contribution in [1.82, 2.24) is 9.97 Å². The summed E-state index contributed by atoms with van der Waals surface area (Å²) >= 11 is 0. The fourth-order valence-electron chi connectivity index (χ4n) is 2.24. The Morgan fingerprint density at radius 2 is 2.05 bits per heavy atom. The number of aryl methyl sites for hydroxylation is 2. The number of H-pyrrole nitrogens is 1. The number of nitrogens with zero attached hydrogens (tertiary/aromatic N) is 1. The second-order valence-corrected chi connectivity index (χ2v) is 4.92.